The first-order valence-corrected chi connectivity index (χ1v) is 9.54. The van der Waals surface area contributed by atoms with Crippen LogP contribution in [0.2, 0.25) is 0 Å². The lowest BCUT2D eigenvalue weighted by molar-refractivity contribution is -0.144. The zero-order valence-corrected chi connectivity index (χ0v) is 14.6. The summed E-state index contributed by atoms with van der Waals surface area (Å²) in [5.41, 5.74) is -0.522. The second-order valence-corrected chi connectivity index (χ2v) is 7.89. The molecular weight excluding hydrogens is 322 g/mol. The summed E-state index contributed by atoms with van der Waals surface area (Å²) in [7, 11) is 0. The Balaban J connectivity index is 1.40. The van der Waals surface area contributed by atoms with Gasteiger partial charge < -0.3 is 4.90 Å². The van der Waals surface area contributed by atoms with Gasteiger partial charge in [0.05, 0.1) is 0 Å². The van der Waals surface area contributed by atoms with E-state index in [0.29, 0.717) is 17.7 Å². The van der Waals surface area contributed by atoms with Crippen molar-refractivity contribution < 1.29 is 13.6 Å². The lowest BCUT2D eigenvalue weighted by atomic mass is 9.68. The Bertz CT molecular complexity index is 645. The van der Waals surface area contributed by atoms with Gasteiger partial charge in [-0.1, -0.05) is 12.1 Å². The molecule has 0 spiro atoms. The number of amides is 1. The van der Waals surface area contributed by atoms with Crippen LogP contribution < -0.4 is 0 Å². The van der Waals surface area contributed by atoms with Gasteiger partial charge in [-0.25, -0.2) is 8.78 Å². The fourth-order valence-corrected chi connectivity index (χ4v) is 4.46. The van der Waals surface area contributed by atoms with E-state index in [1.165, 1.54) is 18.9 Å². The third-order valence-electron chi connectivity index (χ3n) is 6.07. The third-order valence-corrected chi connectivity index (χ3v) is 6.07. The molecule has 0 unspecified atom stereocenters. The van der Waals surface area contributed by atoms with Crippen LogP contribution in [0.5, 0.6) is 0 Å². The van der Waals surface area contributed by atoms with Crippen molar-refractivity contribution in [1.29, 1.82) is 0 Å². The summed E-state index contributed by atoms with van der Waals surface area (Å²) >= 11 is 0. The highest BCUT2D eigenvalue weighted by molar-refractivity contribution is 5.80. The van der Waals surface area contributed by atoms with Crippen LogP contribution in [-0.2, 0) is 17.0 Å². The van der Waals surface area contributed by atoms with Crippen molar-refractivity contribution in [2.45, 2.75) is 50.7 Å². The average Bonchev–Trinajstić information content (AvgIpc) is 3.26. The molecule has 2 aliphatic heterocycles. The summed E-state index contributed by atoms with van der Waals surface area (Å²) in [6.07, 6.45) is 4.80. The number of rotatable bonds is 4. The second-order valence-electron chi connectivity index (χ2n) is 7.89. The first-order chi connectivity index (χ1) is 12.0. The molecule has 0 N–H and O–H groups in total. The first kappa shape index (κ1) is 17.0. The molecular formula is C20H26F2N2O. The zero-order chi connectivity index (χ0) is 17.4. The quantitative estimate of drug-likeness (QED) is 0.830. The van der Waals surface area contributed by atoms with E-state index in [2.05, 4.69) is 4.90 Å². The van der Waals surface area contributed by atoms with E-state index in [0.717, 1.165) is 39.0 Å². The van der Waals surface area contributed by atoms with Gasteiger partial charge in [-0.05, 0) is 63.2 Å². The second kappa shape index (κ2) is 6.67. The zero-order valence-electron chi connectivity index (χ0n) is 14.6. The van der Waals surface area contributed by atoms with Gasteiger partial charge in [-0.15, -0.1) is 0 Å². The smallest absolute Gasteiger partial charge is 0.225 e. The molecule has 3 nitrogen and oxygen atoms in total. The molecule has 1 aromatic rings. The Hall–Kier alpha value is -1.49. The molecule has 2 saturated heterocycles. The lowest BCUT2D eigenvalue weighted by Crippen LogP contribution is -2.46. The minimum atomic E-state index is -1.55. The molecule has 1 aromatic carbocycles. The van der Waals surface area contributed by atoms with Gasteiger partial charge in [0, 0.05) is 31.1 Å². The van der Waals surface area contributed by atoms with Crippen LogP contribution in [0.3, 0.4) is 0 Å². The van der Waals surface area contributed by atoms with Gasteiger partial charge in [-0.3, -0.25) is 9.69 Å². The number of carbonyl (C=O) groups excluding carboxylic acids is 1. The molecule has 1 aliphatic carbocycles. The maximum absolute atomic E-state index is 15.1. The molecule has 25 heavy (non-hydrogen) atoms. The van der Waals surface area contributed by atoms with Crippen LogP contribution in [0.15, 0.2) is 18.2 Å². The highest BCUT2D eigenvalue weighted by atomic mass is 19.1. The van der Waals surface area contributed by atoms with Crippen molar-refractivity contribution in [2.24, 2.45) is 5.92 Å². The van der Waals surface area contributed by atoms with E-state index < -0.39 is 5.67 Å². The summed E-state index contributed by atoms with van der Waals surface area (Å²) in [5, 5.41) is 0. The molecule has 3 fully saturated rings. The normalized spacial score (nSPS) is 29.8. The minimum Gasteiger partial charge on any atom is -0.342 e. The van der Waals surface area contributed by atoms with E-state index in [1.807, 2.05) is 4.90 Å². The Kier molecular flexibility index (Phi) is 4.52. The maximum atomic E-state index is 15.1. The van der Waals surface area contributed by atoms with Crippen LogP contribution >= 0.6 is 0 Å². The number of alkyl halides is 1. The summed E-state index contributed by atoms with van der Waals surface area (Å²) in [4.78, 5) is 16.4. The van der Waals surface area contributed by atoms with Crippen LogP contribution in [0.4, 0.5) is 8.78 Å². The first-order valence-electron chi connectivity index (χ1n) is 9.54. The van der Waals surface area contributed by atoms with E-state index in [9.17, 15) is 9.18 Å². The van der Waals surface area contributed by atoms with E-state index >= 15 is 4.39 Å². The Morgan fingerprint density at radius 3 is 2.36 bits per heavy atom. The number of nitrogens with zero attached hydrogens (tertiary/aromatic N) is 2. The fourth-order valence-electron chi connectivity index (χ4n) is 4.46. The average molecular weight is 348 g/mol. The molecule has 0 atom stereocenters. The van der Waals surface area contributed by atoms with Crippen molar-refractivity contribution in [3.63, 3.8) is 0 Å². The molecule has 0 radical (unpaired) electrons. The number of halogens is 2. The van der Waals surface area contributed by atoms with Gasteiger partial charge in [0.15, 0.2) is 0 Å². The summed E-state index contributed by atoms with van der Waals surface area (Å²) in [5.74, 6) is -0.483. The standard InChI is InChI=1S/C20H26F2N2O/c21-18-11-17(6-5-15(18)14-23-7-1-2-8-23)20(22)12-16(13-20)19(25)24-9-3-4-10-24/h5-6,11,16H,1-4,7-10,12-14H2/t16-,20-. The van der Waals surface area contributed by atoms with Crippen LogP contribution in [0, 0.1) is 11.7 Å². The van der Waals surface area contributed by atoms with Gasteiger partial charge in [0.25, 0.3) is 0 Å². The summed E-state index contributed by atoms with van der Waals surface area (Å²) in [6, 6.07) is 4.78. The fraction of sp³-hybridized carbons (Fsp3) is 0.650. The topological polar surface area (TPSA) is 23.6 Å². The maximum Gasteiger partial charge on any atom is 0.225 e. The van der Waals surface area contributed by atoms with Crippen molar-refractivity contribution in [1.82, 2.24) is 9.80 Å². The van der Waals surface area contributed by atoms with Crippen molar-refractivity contribution in [3.8, 4) is 0 Å². The van der Waals surface area contributed by atoms with Crippen molar-refractivity contribution in [3.05, 3.63) is 35.1 Å². The van der Waals surface area contributed by atoms with Gasteiger partial charge in [0.1, 0.15) is 11.5 Å². The van der Waals surface area contributed by atoms with Gasteiger partial charge in [-0.2, -0.15) is 0 Å². The molecule has 0 bridgehead atoms. The number of benzene rings is 1. The van der Waals surface area contributed by atoms with Gasteiger partial charge in [0.2, 0.25) is 5.91 Å². The Morgan fingerprint density at radius 2 is 1.72 bits per heavy atom. The lowest BCUT2D eigenvalue weighted by Gasteiger charge is -2.42. The largest absolute Gasteiger partial charge is 0.342 e. The molecule has 0 aromatic heterocycles. The molecule has 4 rings (SSSR count). The number of hydrogen-bond acceptors (Lipinski definition) is 2. The molecule has 136 valence electrons. The third kappa shape index (κ3) is 3.31. The van der Waals surface area contributed by atoms with Crippen molar-refractivity contribution in [2.75, 3.05) is 26.2 Å². The molecule has 1 saturated carbocycles. The number of hydrogen-bond donors (Lipinski definition) is 0. The molecule has 1 amide bonds. The summed E-state index contributed by atoms with van der Waals surface area (Å²) < 4.78 is 29.5. The van der Waals surface area contributed by atoms with Crippen molar-refractivity contribution >= 4 is 5.91 Å². The highest BCUT2D eigenvalue weighted by Gasteiger charge is 2.50. The van der Waals surface area contributed by atoms with E-state index in [-0.39, 0.29) is 30.5 Å². The number of carbonyl (C=O) groups is 1. The van der Waals surface area contributed by atoms with E-state index in [4.69, 9.17) is 0 Å². The monoisotopic (exact) mass is 348 g/mol. The molecule has 3 aliphatic rings. The Labute approximate surface area is 148 Å². The number of likely N-dealkylation sites (tertiary alicyclic amines) is 2. The van der Waals surface area contributed by atoms with E-state index in [1.54, 1.807) is 12.1 Å². The Morgan fingerprint density at radius 1 is 1.08 bits per heavy atom. The molecule has 5 heteroatoms. The van der Waals surface area contributed by atoms with Gasteiger partial charge >= 0.3 is 0 Å². The van der Waals surface area contributed by atoms with Crippen LogP contribution in [0.25, 0.3) is 0 Å². The SMILES string of the molecule is O=C([C@H]1C[C@@](F)(c2ccc(CN3CCCC3)c(F)c2)C1)N1CCCC1. The van der Waals surface area contributed by atoms with Crippen LogP contribution in [0.1, 0.15) is 49.7 Å². The summed E-state index contributed by atoms with van der Waals surface area (Å²) in [6.45, 7) is 4.22. The predicted octanol–water partition coefficient (Wildman–Crippen LogP) is 3.62. The predicted molar refractivity (Wildman–Crippen MR) is 92.2 cm³/mol. The minimum absolute atomic E-state index is 0.0805. The highest BCUT2D eigenvalue weighted by Crippen LogP contribution is 2.50. The molecule has 2 heterocycles. The van der Waals surface area contributed by atoms with Crippen LogP contribution in [-0.4, -0.2) is 41.9 Å².